The van der Waals surface area contributed by atoms with Crippen LogP contribution in [0.1, 0.15) is 27.0 Å². The van der Waals surface area contributed by atoms with E-state index in [-0.39, 0.29) is 18.4 Å². The third-order valence-corrected chi connectivity index (χ3v) is 5.16. The lowest BCUT2D eigenvalue weighted by molar-refractivity contribution is -0.121. The lowest BCUT2D eigenvalue weighted by Gasteiger charge is -2.29. The molecule has 0 saturated heterocycles. The van der Waals surface area contributed by atoms with Crippen molar-refractivity contribution in [3.8, 4) is 5.75 Å². The fourth-order valence-corrected chi connectivity index (χ4v) is 3.50. The van der Waals surface area contributed by atoms with Crippen LogP contribution in [0.2, 0.25) is 0 Å². The molecule has 0 spiro atoms. The Bertz CT molecular complexity index is 1050. The molecule has 1 heterocycles. The summed E-state index contributed by atoms with van der Waals surface area (Å²) < 4.78 is 5.53. The molecule has 0 unspecified atom stereocenters. The highest BCUT2D eigenvalue weighted by Gasteiger charge is 2.25. The number of nitrogens with zero attached hydrogens (tertiary/aromatic N) is 1. The fraction of sp³-hybridized carbons (Fsp3) is 0.200. The average Bonchev–Trinajstić information content (AvgIpc) is 2.77. The Morgan fingerprint density at radius 3 is 2.53 bits per heavy atom. The summed E-state index contributed by atoms with van der Waals surface area (Å²) in [6.07, 6.45) is 0.794. The number of carbonyl (C=O) groups is 2. The maximum Gasteiger partial charge on any atom is 0.265 e. The molecular formula is C25H24N2O3. The average molecular weight is 400 g/mol. The van der Waals surface area contributed by atoms with Crippen molar-refractivity contribution in [2.24, 2.45) is 0 Å². The van der Waals surface area contributed by atoms with Crippen LogP contribution < -0.4 is 15.0 Å². The number of benzene rings is 3. The number of hydrogen-bond donors (Lipinski definition) is 1. The Kier molecular flexibility index (Phi) is 5.80. The minimum absolute atomic E-state index is 0.0396. The van der Waals surface area contributed by atoms with Crippen LogP contribution in [-0.4, -0.2) is 25.0 Å². The first-order valence-corrected chi connectivity index (χ1v) is 10.0. The van der Waals surface area contributed by atoms with Crippen LogP contribution in [0.3, 0.4) is 0 Å². The monoisotopic (exact) mass is 400 g/mol. The Morgan fingerprint density at radius 1 is 1.00 bits per heavy atom. The highest BCUT2D eigenvalue weighted by molar-refractivity contribution is 5.98. The molecule has 1 aliphatic heterocycles. The standard InChI is InChI=1S/C25H24N2O3/c1-18-7-12-23-22(15-18)27(24(28)17-30-23)16-20-8-10-21(11-9-20)25(29)26-14-13-19-5-3-2-4-6-19/h2-12,15H,13-14,16-17H2,1H3,(H,26,29). The fourth-order valence-electron chi connectivity index (χ4n) is 3.50. The van der Waals surface area contributed by atoms with E-state index in [1.807, 2.05) is 67.6 Å². The molecule has 3 aromatic carbocycles. The lowest BCUT2D eigenvalue weighted by Crippen LogP contribution is -2.38. The van der Waals surface area contributed by atoms with Crippen LogP contribution in [0.5, 0.6) is 5.75 Å². The summed E-state index contributed by atoms with van der Waals surface area (Å²) in [7, 11) is 0. The molecule has 0 atom stereocenters. The van der Waals surface area contributed by atoms with Gasteiger partial charge in [-0.25, -0.2) is 0 Å². The molecule has 5 nitrogen and oxygen atoms in total. The number of rotatable bonds is 6. The van der Waals surface area contributed by atoms with Crippen LogP contribution >= 0.6 is 0 Å². The van der Waals surface area contributed by atoms with E-state index in [9.17, 15) is 9.59 Å². The molecular weight excluding hydrogens is 376 g/mol. The van der Waals surface area contributed by atoms with E-state index >= 15 is 0 Å². The summed E-state index contributed by atoms with van der Waals surface area (Å²) in [5.41, 5.74) is 4.61. The third kappa shape index (κ3) is 4.51. The summed E-state index contributed by atoms with van der Waals surface area (Å²) in [6, 6.07) is 23.3. The smallest absolute Gasteiger partial charge is 0.265 e. The number of carbonyl (C=O) groups excluding carboxylic acids is 2. The van der Waals surface area contributed by atoms with Gasteiger partial charge in [0.1, 0.15) is 5.75 Å². The van der Waals surface area contributed by atoms with Crippen molar-refractivity contribution in [2.45, 2.75) is 19.9 Å². The second-order valence-corrected chi connectivity index (χ2v) is 7.43. The van der Waals surface area contributed by atoms with Gasteiger partial charge in [-0.1, -0.05) is 48.5 Å². The Hall–Kier alpha value is -3.60. The van der Waals surface area contributed by atoms with Crippen LogP contribution in [0.15, 0.2) is 72.8 Å². The number of anilines is 1. The summed E-state index contributed by atoms with van der Waals surface area (Å²) in [4.78, 5) is 26.6. The van der Waals surface area contributed by atoms with Crippen molar-refractivity contribution in [3.63, 3.8) is 0 Å². The molecule has 5 heteroatoms. The van der Waals surface area contributed by atoms with E-state index in [0.717, 1.165) is 29.0 Å². The van der Waals surface area contributed by atoms with Gasteiger partial charge in [0.25, 0.3) is 11.8 Å². The maximum absolute atomic E-state index is 12.4. The third-order valence-electron chi connectivity index (χ3n) is 5.16. The maximum atomic E-state index is 12.4. The van der Waals surface area contributed by atoms with Gasteiger partial charge in [0.05, 0.1) is 12.2 Å². The van der Waals surface area contributed by atoms with E-state index in [2.05, 4.69) is 5.32 Å². The highest BCUT2D eigenvalue weighted by Crippen LogP contribution is 2.33. The first-order valence-electron chi connectivity index (χ1n) is 10.0. The van der Waals surface area contributed by atoms with Gasteiger partial charge in [-0.3, -0.25) is 9.59 Å². The van der Waals surface area contributed by atoms with E-state index in [0.29, 0.717) is 18.7 Å². The zero-order valence-corrected chi connectivity index (χ0v) is 16.9. The molecule has 30 heavy (non-hydrogen) atoms. The number of hydrogen-bond acceptors (Lipinski definition) is 3. The molecule has 3 aromatic rings. The number of ether oxygens (including phenoxy) is 1. The SMILES string of the molecule is Cc1ccc2c(c1)N(Cc1ccc(C(=O)NCCc3ccccc3)cc1)C(=O)CO2. The van der Waals surface area contributed by atoms with Gasteiger partial charge >= 0.3 is 0 Å². The number of nitrogens with one attached hydrogen (secondary N) is 1. The molecule has 0 aromatic heterocycles. The first kappa shape index (κ1) is 19.7. The number of amides is 2. The van der Waals surface area contributed by atoms with Crippen molar-refractivity contribution in [3.05, 3.63) is 95.1 Å². The van der Waals surface area contributed by atoms with Gasteiger partial charge < -0.3 is 15.0 Å². The predicted molar refractivity (Wildman–Crippen MR) is 117 cm³/mol. The topological polar surface area (TPSA) is 58.6 Å². The summed E-state index contributed by atoms with van der Waals surface area (Å²) in [5, 5.41) is 2.95. The van der Waals surface area contributed by atoms with Crippen molar-refractivity contribution in [1.29, 1.82) is 0 Å². The van der Waals surface area contributed by atoms with Crippen molar-refractivity contribution < 1.29 is 14.3 Å². The van der Waals surface area contributed by atoms with Gasteiger partial charge in [0.2, 0.25) is 0 Å². The van der Waals surface area contributed by atoms with E-state index in [1.165, 1.54) is 5.56 Å². The van der Waals surface area contributed by atoms with Gasteiger partial charge in [-0.05, 0) is 54.3 Å². The number of aryl methyl sites for hydroxylation is 1. The first-order chi connectivity index (χ1) is 14.6. The second kappa shape index (κ2) is 8.82. The molecule has 0 fully saturated rings. The van der Waals surface area contributed by atoms with Gasteiger partial charge in [0, 0.05) is 12.1 Å². The van der Waals surface area contributed by atoms with Crippen molar-refractivity contribution >= 4 is 17.5 Å². The zero-order chi connectivity index (χ0) is 20.9. The normalized spacial score (nSPS) is 12.8. The quantitative estimate of drug-likeness (QED) is 0.683. The molecule has 1 aliphatic rings. The highest BCUT2D eigenvalue weighted by atomic mass is 16.5. The van der Waals surface area contributed by atoms with Gasteiger partial charge in [-0.15, -0.1) is 0 Å². The van der Waals surface area contributed by atoms with Crippen molar-refractivity contribution in [1.82, 2.24) is 5.32 Å². The molecule has 2 amide bonds. The van der Waals surface area contributed by atoms with E-state index in [1.54, 1.807) is 17.0 Å². The minimum atomic E-state index is -0.0964. The Balaban J connectivity index is 1.38. The van der Waals surface area contributed by atoms with Crippen LogP contribution in [-0.2, 0) is 17.8 Å². The second-order valence-electron chi connectivity index (χ2n) is 7.43. The molecule has 4 rings (SSSR count). The summed E-state index contributed by atoms with van der Waals surface area (Å²) >= 11 is 0. The van der Waals surface area contributed by atoms with E-state index in [4.69, 9.17) is 4.74 Å². The molecule has 0 saturated carbocycles. The van der Waals surface area contributed by atoms with Crippen LogP contribution in [0.25, 0.3) is 0 Å². The Morgan fingerprint density at radius 2 is 1.77 bits per heavy atom. The summed E-state index contributed by atoms with van der Waals surface area (Å²) in [6.45, 7) is 3.05. The Labute approximate surface area is 176 Å². The zero-order valence-electron chi connectivity index (χ0n) is 16.9. The van der Waals surface area contributed by atoms with Crippen LogP contribution in [0.4, 0.5) is 5.69 Å². The van der Waals surface area contributed by atoms with Gasteiger partial charge in [0.15, 0.2) is 6.61 Å². The van der Waals surface area contributed by atoms with Crippen LogP contribution in [0, 0.1) is 6.92 Å². The molecule has 0 radical (unpaired) electrons. The van der Waals surface area contributed by atoms with Gasteiger partial charge in [-0.2, -0.15) is 0 Å². The molecule has 1 N–H and O–H groups in total. The van der Waals surface area contributed by atoms with Crippen molar-refractivity contribution in [2.75, 3.05) is 18.1 Å². The molecule has 0 bridgehead atoms. The lowest BCUT2D eigenvalue weighted by atomic mass is 10.1. The minimum Gasteiger partial charge on any atom is -0.482 e. The predicted octanol–water partition coefficient (Wildman–Crippen LogP) is 3.89. The molecule has 0 aliphatic carbocycles. The molecule has 152 valence electrons. The summed E-state index contributed by atoms with van der Waals surface area (Å²) in [5.74, 6) is 0.548. The largest absolute Gasteiger partial charge is 0.482 e. The van der Waals surface area contributed by atoms with E-state index < -0.39 is 0 Å². The number of fused-ring (bicyclic) bond motifs is 1.